The highest BCUT2D eigenvalue weighted by atomic mass is 35.5. The Bertz CT molecular complexity index is 733. The molecule has 2 atom stereocenters. The molecule has 2 unspecified atom stereocenters. The Kier molecular flexibility index (Phi) is 6.74. The van der Waals surface area contributed by atoms with Crippen molar-refractivity contribution in [2.24, 2.45) is 5.41 Å². The minimum absolute atomic E-state index is 0.192. The highest BCUT2D eigenvalue weighted by Gasteiger charge is 2.47. The van der Waals surface area contributed by atoms with E-state index in [-0.39, 0.29) is 6.61 Å². The van der Waals surface area contributed by atoms with Crippen LogP contribution in [-0.4, -0.2) is 33.1 Å². The van der Waals surface area contributed by atoms with Crippen LogP contribution in [0.15, 0.2) is 36.9 Å². The maximum absolute atomic E-state index is 13.3. The lowest BCUT2D eigenvalue weighted by molar-refractivity contribution is -0.164. The van der Waals surface area contributed by atoms with Crippen molar-refractivity contribution in [3.63, 3.8) is 0 Å². The lowest BCUT2D eigenvalue weighted by atomic mass is 9.80. The number of nitrogens with zero attached hydrogens (tertiary/aromatic N) is 3. The zero-order valence-electron chi connectivity index (χ0n) is 15.0. The molecule has 0 fully saturated rings. The Hall–Kier alpha value is -2.41. The van der Waals surface area contributed by atoms with Gasteiger partial charge in [0.15, 0.2) is 0 Å². The normalized spacial score (nSPS) is 14.3. The molecule has 2 rings (SSSR count). The molecule has 2 aromatic rings. The summed E-state index contributed by atoms with van der Waals surface area (Å²) in [6.07, 6.45) is 2.48. The van der Waals surface area contributed by atoms with Gasteiger partial charge in [0, 0.05) is 5.02 Å². The summed E-state index contributed by atoms with van der Waals surface area (Å²) in [6.45, 7) is 5.37. The largest absolute Gasteiger partial charge is 0.465 e. The zero-order chi connectivity index (χ0) is 19.2. The van der Waals surface area contributed by atoms with Gasteiger partial charge in [0.05, 0.1) is 6.61 Å². The summed E-state index contributed by atoms with van der Waals surface area (Å²) in [5, 5.41) is 4.56. The second kappa shape index (κ2) is 8.80. The van der Waals surface area contributed by atoms with Gasteiger partial charge >= 0.3 is 5.97 Å². The molecule has 0 amide bonds. The second-order valence-electron chi connectivity index (χ2n) is 5.97. The van der Waals surface area contributed by atoms with Gasteiger partial charge in [0.25, 0.3) is 6.23 Å². The van der Waals surface area contributed by atoms with Crippen molar-refractivity contribution in [1.29, 1.82) is 0 Å². The molecule has 0 bridgehead atoms. The Morgan fingerprint density at radius 1 is 1.27 bits per heavy atom. The summed E-state index contributed by atoms with van der Waals surface area (Å²) in [5.41, 5.74) is -1.35. The number of esters is 1. The van der Waals surface area contributed by atoms with Gasteiger partial charge in [-0.1, -0.05) is 24.9 Å². The van der Waals surface area contributed by atoms with Crippen LogP contribution in [0.4, 0.5) is 0 Å². The van der Waals surface area contributed by atoms with E-state index in [2.05, 4.69) is 10.1 Å². The molecule has 0 aliphatic rings. The Labute approximate surface area is 157 Å². The predicted octanol–water partition coefficient (Wildman–Crippen LogP) is 3.45. The SMILES string of the molecule is CCCC(C)(C(=O)OCC)C(=O)C(Oc1ccc(Cl)cc1)n1cncn1. The van der Waals surface area contributed by atoms with Crippen molar-refractivity contribution >= 4 is 23.4 Å². The van der Waals surface area contributed by atoms with E-state index in [1.807, 2.05) is 6.92 Å². The number of Topliss-reactive ketones (excluding diaryl/α,β-unsaturated/α-hetero) is 1. The Morgan fingerprint density at radius 2 is 1.96 bits per heavy atom. The number of hydrogen-bond donors (Lipinski definition) is 0. The summed E-state index contributed by atoms with van der Waals surface area (Å²) in [5.74, 6) is -0.596. The quantitative estimate of drug-likeness (QED) is 0.490. The third-order valence-corrected chi connectivity index (χ3v) is 4.23. The molecule has 1 aromatic carbocycles. The molecular weight excluding hydrogens is 358 g/mol. The highest BCUT2D eigenvalue weighted by Crippen LogP contribution is 2.33. The van der Waals surface area contributed by atoms with Gasteiger partial charge in [-0.3, -0.25) is 9.59 Å². The molecule has 140 valence electrons. The second-order valence-corrected chi connectivity index (χ2v) is 6.40. The van der Waals surface area contributed by atoms with Crippen molar-refractivity contribution in [2.75, 3.05) is 6.61 Å². The Balaban J connectivity index is 2.38. The fourth-order valence-corrected chi connectivity index (χ4v) is 2.72. The summed E-state index contributed by atoms with van der Waals surface area (Å²) in [7, 11) is 0. The molecule has 0 radical (unpaired) electrons. The fraction of sp³-hybridized carbons (Fsp3) is 0.444. The smallest absolute Gasteiger partial charge is 0.319 e. The molecule has 7 nitrogen and oxygen atoms in total. The number of carbonyl (C=O) groups excluding carboxylic acids is 2. The van der Waals surface area contributed by atoms with Crippen molar-refractivity contribution in [3.8, 4) is 5.75 Å². The molecule has 0 saturated carbocycles. The number of aromatic nitrogens is 3. The van der Waals surface area contributed by atoms with Crippen LogP contribution >= 0.6 is 11.6 Å². The molecule has 0 N–H and O–H groups in total. The van der Waals surface area contributed by atoms with Gasteiger partial charge in [-0.25, -0.2) is 9.67 Å². The van der Waals surface area contributed by atoms with Crippen molar-refractivity contribution in [2.45, 2.75) is 39.8 Å². The van der Waals surface area contributed by atoms with Gasteiger partial charge in [0.2, 0.25) is 5.78 Å². The molecule has 8 heteroatoms. The van der Waals surface area contributed by atoms with Crippen LogP contribution in [-0.2, 0) is 14.3 Å². The van der Waals surface area contributed by atoms with Crippen molar-refractivity contribution in [3.05, 3.63) is 41.9 Å². The van der Waals surface area contributed by atoms with Gasteiger partial charge in [-0.05, 0) is 44.5 Å². The maximum Gasteiger partial charge on any atom is 0.319 e. The number of hydrogen-bond acceptors (Lipinski definition) is 6. The van der Waals surface area contributed by atoms with Gasteiger partial charge < -0.3 is 9.47 Å². The predicted molar refractivity (Wildman–Crippen MR) is 95.8 cm³/mol. The first-order chi connectivity index (χ1) is 12.4. The van der Waals surface area contributed by atoms with Crippen LogP contribution in [0.3, 0.4) is 0 Å². The third kappa shape index (κ3) is 4.40. The third-order valence-electron chi connectivity index (χ3n) is 3.98. The topological polar surface area (TPSA) is 83.3 Å². The van der Waals surface area contributed by atoms with Crippen LogP contribution in [0.1, 0.15) is 39.8 Å². The molecule has 0 aliphatic heterocycles. The number of ether oxygens (including phenoxy) is 2. The van der Waals surface area contributed by atoms with Crippen LogP contribution < -0.4 is 4.74 Å². The first-order valence-electron chi connectivity index (χ1n) is 8.40. The van der Waals surface area contributed by atoms with Crippen LogP contribution in [0.5, 0.6) is 5.75 Å². The first kappa shape index (κ1) is 19.9. The van der Waals surface area contributed by atoms with E-state index in [4.69, 9.17) is 21.1 Å². The van der Waals surface area contributed by atoms with E-state index in [9.17, 15) is 9.59 Å². The van der Waals surface area contributed by atoms with Crippen molar-refractivity contribution < 1.29 is 19.1 Å². The van der Waals surface area contributed by atoms with E-state index in [1.165, 1.54) is 17.3 Å². The average molecular weight is 380 g/mol. The van der Waals surface area contributed by atoms with E-state index in [0.717, 1.165) is 0 Å². The standard InChI is InChI=1S/C18H22ClN3O4/c1-4-10-18(3,17(24)25-5-2)15(23)16(22-12-20-11-21-22)26-14-8-6-13(19)7-9-14/h6-9,11-12,16H,4-5,10H2,1-3H3. The zero-order valence-corrected chi connectivity index (χ0v) is 15.8. The summed E-state index contributed by atoms with van der Waals surface area (Å²) < 4.78 is 12.3. The molecule has 26 heavy (non-hydrogen) atoms. The van der Waals surface area contributed by atoms with Crippen LogP contribution in [0.2, 0.25) is 5.02 Å². The van der Waals surface area contributed by atoms with Crippen LogP contribution in [0.25, 0.3) is 0 Å². The van der Waals surface area contributed by atoms with E-state index < -0.39 is 23.4 Å². The monoisotopic (exact) mass is 379 g/mol. The molecule has 1 aromatic heterocycles. The molecule has 0 spiro atoms. The first-order valence-corrected chi connectivity index (χ1v) is 8.78. The van der Waals surface area contributed by atoms with E-state index in [0.29, 0.717) is 23.6 Å². The van der Waals surface area contributed by atoms with Gasteiger partial charge in [-0.2, -0.15) is 5.10 Å². The minimum atomic E-state index is -1.35. The molecule has 0 saturated heterocycles. The fourth-order valence-electron chi connectivity index (χ4n) is 2.60. The maximum atomic E-state index is 13.3. The summed E-state index contributed by atoms with van der Waals surface area (Å²) in [4.78, 5) is 29.7. The number of carbonyl (C=O) groups is 2. The summed E-state index contributed by atoms with van der Waals surface area (Å²) >= 11 is 5.89. The molecule has 0 aliphatic carbocycles. The molecule has 1 heterocycles. The van der Waals surface area contributed by atoms with E-state index in [1.54, 1.807) is 38.1 Å². The van der Waals surface area contributed by atoms with Gasteiger partial charge in [-0.15, -0.1) is 0 Å². The Morgan fingerprint density at radius 3 is 2.50 bits per heavy atom. The number of benzene rings is 1. The number of halogens is 1. The lowest BCUT2D eigenvalue weighted by Gasteiger charge is -2.29. The van der Waals surface area contributed by atoms with Gasteiger partial charge in [0.1, 0.15) is 23.8 Å². The lowest BCUT2D eigenvalue weighted by Crippen LogP contribution is -2.44. The average Bonchev–Trinajstić information content (AvgIpc) is 3.15. The number of rotatable bonds is 9. The summed E-state index contributed by atoms with van der Waals surface area (Å²) in [6, 6.07) is 6.58. The molecular formula is C18H22ClN3O4. The van der Waals surface area contributed by atoms with Crippen LogP contribution in [0, 0.1) is 5.41 Å². The van der Waals surface area contributed by atoms with E-state index >= 15 is 0 Å². The van der Waals surface area contributed by atoms with Crippen molar-refractivity contribution in [1.82, 2.24) is 14.8 Å². The number of ketones is 1. The highest BCUT2D eigenvalue weighted by molar-refractivity contribution is 6.30. The minimum Gasteiger partial charge on any atom is -0.465 e.